The van der Waals surface area contributed by atoms with E-state index in [-0.39, 0.29) is 25.8 Å². The summed E-state index contributed by atoms with van der Waals surface area (Å²) in [5.41, 5.74) is 4.43. The van der Waals surface area contributed by atoms with Crippen LogP contribution in [-0.2, 0) is 25.8 Å². The maximum atomic E-state index is 3.40. The van der Waals surface area contributed by atoms with Gasteiger partial charge in [0.1, 0.15) is 0 Å². The first kappa shape index (κ1) is 23.3. The summed E-state index contributed by atoms with van der Waals surface area (Å²) in [6, 6.07) is 0. The number of rotatable bonds is 4. The molecule has 3 heteroatoms. The minimum Gasteiger partial charge on any atom is -0.270 e. The molecule has 0 aliphatic heterocycles. The van der Waals surface area contributed by atoms with Gasteiger partial charge in [0, 0.05) is 42.0 Å². The maximum Gasteiger partial charge on any atom is 0.0484 e. The Bertz CT molecular complexity index is 439. The van der Waals surface area contributed by atoms with Crippen molar-refractivity contribution in [2.75, 3.05) is 0 Å². The van der Waals surface area contributed by atoms with Crippen molar-refractivity contribution in [3.63, 3.8) is 0 Å². The van der Waals surface area contributed by atoms with E-state index in [1.165, 1.54) is 11.1 Å². The van der Waals surface area contributed by atoms with Crippen LogP contribution in [0.2, 0.25) is 50.4 Å². The molecule has 2 aliphatic rings. The number of allylic oxidation sites excluding steroid dienone is 8. The van der Waals surface area contributed by atoms with Gasteiger partial charge in [0.05, 0.1) is 0 Å². The van der Waals surface area contributed by atoms with E-state index in [2.05, 4.69) is 89.6 Å². The van der Waals surface area contributed by atoms with Crippen molar-refractivity contribution in [1.29, 1.82) is 0 Å². The first-order chi connectivity index (χ1) is 10.0. The van der Waals surface area contributed by atoms with Crippen LogP contribution >= 0.6 is 0 Å². The second-order valence-electron chi connectivity index (χ2n) is 8.65. The zero-order chi connectivity index (χ0) is 17.0. The topological polar surface area (TPSA) is 0 Å². The van der Waals surface area contributed by atoms with Gasteiger partial charge in [0.2, 0.25) is 0 Å². The monoisotopic (exact) mass is 510 g/mol. The van der Waals surface area contributed by atoms with Crippen LogP contribution in [0.25, 0.3) is 0 Å². The maximum absolute atomic E-state index is 3.40. The third-order valence-electron chi connectivity index (χ3n) is 4.97. The zero-order valence-electron chi connectivity index (χ0n) is 16.4. The molecule has 2 rings (SSSR count). The molecule has 0 radical (unpaired) electrons. The second-order valence-corrected chi connectivity index (χ2v) is 19.8. The Morgan fingerprint density at radius 2 is 1.04 bits per heavy atom. The Labute approximate surface area is 166 Å². The average Bonchev–Trinajstić information content (AvgIpc) is 3.08. The van der Waals surface area contributed by atoms with Crippen LogP contribution in [0.15, 0.2) is 35.5 Å². The number of hydrogen-bond acceptors (Lipinski definition) is 0. The van der Waals surface area contributed by atoms with E-state index in [4.69, 9.17) is 0 Å². The molecule has 2 unspecified atom stereocenters. The summed E-state index contributed by atoms with van der Waals surface area (Å²) in [6.45, 7) is 19.2. The molecule has 0 aromatic carbocycles. The van der Waals surface area contributed by atoms with Crippen LogP contribution in [0, 0.1) is 12.2 Å². The Morgan fingerprint density at radius 1 is 0.739 bits per heavy atom. The Balaban J connectivity index is 0.000000403. The molecule has 0 N–H and O–H groups in total. The van der Waals surface area contributed by atoms with Crippen molar-refractivity contribution in [1.82, 2.24) is 0 Å². The molecule has 0 saturated heterocycles. The predicted octanol–water partition coefficient (Wildman–Crippen LogP) is 6.81. The molecule has 23 heavy (non-hydrogen) atoms. The molecule has 0 saturated carbocycles. The van der Waals surface area contributed by atoms with Crippen molar-refractivity contribution in [2.45, 2.75) is 77.1 Å². The first-order valence-corrected chi connectivity index (χ1v) is 15.7. The van der Waals surface area contributed by atoms with Crippen LogP contribution in [0.5, 0.6) is 0 Å². The van der Waals surface area contributed by atoms with Crippen molar-refractivity contribution < 1.29 is 25.8 Å². The van der Waals surface area contributed by atoms with Crippen molar-refractivity contribution in [2.24, 2.45) is 0 Å². The Morgan fingerprint density at radius 3 is 1.22 bits per heavy atom. The first-order valence-electron chi connectivity index (χ1n) is 8.58. The summed E-state index contributed by atoms with van der Waals surface area (Å²) >= 11 is 0. The third-order valence-corrected chi connectivity index (χ3v) is 10.8. The minimum atomic E-state index is -0.976. The SMILES string of the molecule is CC(C1=[C-]CC=C1)[Si](C)(C)C.CC(C1=[C-]CC=C1)[Si](C)(C)C.[Hf]. The van der Waals surface area contributed by atoms with Crippen LogP contribution in [0.1, 0.15) is 26.7 Å². The quantitative estimate of drug-likeness (QED) is 0.289. The van der Waals surface area contributed by atoms with Crippen LogP contribution in [-0.4, -0.2) is 16.1 Å². The van der Waals surface area contributed by atoms with Gasteiger partial charge < -0.3 is 0 Å². The molecule has 0 aromatic rings. The molecule has 2 aliphatic carbocycles. The standard InChI is InChI=1S/2C10H17Si.Hf/c2*1-9(11(2,3)4)10-7-5-6-8-10;/h2*5,7,9H,6H2,1-4H3;/q2*-1;. The summed E-state index contributed by atoms with van der Waals surface area (Å²) in [6.07, 6.45) is 17.7. The van der Waals surface area contributed by atoms with E-state index in [0.717, 1.165) is 23.9 Å². The van der Waals surface area contributed by atoms with E-state index in [1.54, 1.807) is 0 Å². The van der Waals surface area contributed by atoms with Crippen molar-refractivity contribution in [3.05, 3.63) is 47.6 Å². The fourth-order valence-corrected chi connectivity index (χ4v) is 4.63. The van der Waals surface area contributed by atoms with Crippen LogP contribution < -0.4 is 0 Å². The van der Waals surface area contributed by atoms with Gasteiger partial charge in [-0.1, -0.05) is 64.2 Å². The van der Waals surface area contributed by atoms with Gasteiger partial charge in [-0.2, -0.15) is 12.2 Å². The summed E-state index contributed by atoms with van der Waals surface area (Å²) < 4.78 is 0. The van der Waals surface area contributed by atoms with Gasteiger partial charge in [-0.15, -0.1) is 12.8 Å². The average molecular weight is 509 g/mol. The molecular formula is C20H34HfSi2-2. The van der Waals surface area contributed by atoms with Gasteiger partial charge in [-0.05, 0) is 0 Å². The predicted molar refractivity (Wildman–Crippen MR) is 107 cm³/mol. The molecule has 0 bridgehead atoms. The Hall–Kier alpha value is 0.264. The van der Waals surface area contributed by atoms with E-state index < -0.39 is 16.1 Å². The van der Waals surface area contributed by atoms with Gasteiger partial charge in [0.25, 0.3) is 0 Å². The van der Waals surface area contributed by atoms with Crippen LogP contribution in [0.3, 0.4) is 0 Å². The van der Waals surface area contributed by atoms with E-state index in [0.29, 0.717) is 0 Å². The van der Waals surface area contributed by atoms with E-state index >= 15 is 0 Å². The van der Waals surface area contributed by atoms with E-state index in [1.807, 2.05) is 0 Å². The Kier molecular flexibility index (Phi) is 9.78. The largest absolute Gasteiger partial charge is 0.270 e. The summed E-state index contributed by atoms with van der Waals surface area (Å²) in [5, 5.41) is 0. The summed E-state index contributed by atoms with van der Waals surface area (Å²) in [5.74, 6) is 0. The zero-order valence-corrected chi connectivity index (χ0v) is 22.0. The molecular weight excluding hydrogens is 475 g/mol. The van der Waals surface area contributed by atoms with E-state index in [9.17, 15) is 0 Å². The summed E-state index contributed by atoms with van der Waals surface area (Å²) in [4.78, 5) is 0. The molecule has 0 amide bonds. The molecule has 2 atom stereocenters. The molecule has 0 spiro atoms. The summed E-state index contributed by atoms with van der Waals surface area (Å²) in [7, 11) is -1.95. The number of hydrogen-bond donors (Lipinski definition) is 0. The molecule has 0 fully saturated rings. The second kappa shape index (κ2) is 9.67. The fourth-order valence-electron chi connectivity index (χ4n) is 2.37. The molecule has 0 aromatic heterocycles. The molecule has 128 valence electrons. The molecule has 0 nitrogen and oxygen atoms in total. The van der Waals surface area contributed by atoms with Gasteiger partial charge in [0.15, 0.2) is 0 Å². The van der Waals surface area contributed by atoms with Crippen molar-refractivity contribution >= 4 is 16.1 Å². The smallest absolute Gasteiger partial charge is 0.0484 e. The fraction of sp³-hybridized carbons (Fsp3) is 0.600. The van der Waals surface area contributed by atoms with Gasteiger partial charge in [-0.3, -0.25) is 12.2 Å². The normalized spacial score (nSPS) is 19.3. The molecule has 0 heterocycles. The van der Waals surface area contributed by atoms with Crippen molar-refractivity contribution in [3.8, 4) is 0 Å². The third kappa shape index (κ3) is 7.79. The minimum absolute atomic E-state index is 0. The van der Waals surface area contributed by atoms with Crippen LogP contribution in [0.4, 0.5) is 0 Å². The van der Waals surface area contributed by atoms with Gasteiger partial charge in [-0.25, -0.2) is 23.3 Å². The van der Waals surface area contributed by atoms with Gasteiger partial charge >= 0.3 is 0 Å².